The molecule has 1 aromatic heterocycles. The third kappa shape index (κ3) is 2.33. The normalized spacial score (nSPS) is 11.9. The highest BCUT2D eigenvalue weighted by molar-refractivity contribution is 6.37. The summed E-state index contributed by atoms with van der Waals surface area (Å²) in [5.41, 5.74) is 0.571. The summed E-state index contributed by atoms with van der Waals surface area (Å²) in [4.78, 5) is 19.2. The molecule has 0 fully saturated rings. The van der Waals surface area contributed by atoms with Gasteiger partial charge >= 0.3 is 5.97 Å². The minimum Gasteiger partial charge on any atom is -0.522 e. The number of carbonyl (C=O) groups is 1. The van der Waals surface area contributed by atoms with E-state index in [9.17, 15) is 9.90 Å². The van der Waals surface area contributed by atoms with E-state index in [0.29, 0.717) is 5.69 Å². The lowest BCUT2D eigenvalue weighted by Crippen LogP contribution is -2.10. The summed E-state index contributed by atoms with van der Waals surface area (Å²) in [5.74, 6) is -0.681. The molecule has 0 aliphatic carbocycles. The van der Waals surface area contributed by atoms with Crippen LogP contribution in [0.2, 0.25) is 5.15 Å². The average Bonchev–Trinajstić information content (AvgIpc) is 2.22. The van der Waals surface area contributed by atoms with Crippen LogP contribution in [-0.2, 0) is 9.53 Å². The van der Waals surface area contributed by atoms with E-state index in [1.807, 2.05) is 0 Å². The Balaban J connectivity index is 3.46. The second-order valence-corrected chi connectivity index (χ2v) is 3.43. The molecule has 0 atom stereocenters. The fraction of sp³-hybridized carbons (Fsp3) is 0.222. The van der Waals surface area contributed by atoms with Crippen LogP contribution in [0.4, 0.5) is 0 Å². The van der Waals surface area contributed by atoms with Crippen LogP contribution in [0.3, 0.4) is 0 Å². The van der Waals surface area contributed by atoms with Crippen LogP contribution in [0.5, 0.6) is 0 Å². The van der Waals surface area contributed by atoms with Crippen molar-refractivity contribution in [1.82, 2.24) is 9.97 Å². The van der Waals surface area contributed by atoms with Crippen LogP contribution in [-0.4, -0.2) is 36.0 Å². The lowest BCUT2D eigenvalue weighted by Gasteiger charge is -2.10. The number of rotatable bonds is 2. The van der Waals surface area contributed by atoms with Crippen LogP contribution >= 0.6 is 11.6 Å². The maximum Gasteiger partial charge on any atom is 0.341 e. The first-order valence-corrected chi connectivity index (χ1v) is 4.82. The van der Waals surface area contributed by atoms with Crippen molar-refractivity contribution in [2.75, 3.05) is 7.11 Å². The van der Waals surface area contributed by atoms with Gasteiger partial charge in [-0.25, -0.2) is 14.8 Å². The summed E-state index contributed by atoms with van der Waals surface area (Å²) < 4.78 is 4.57. The zero-order chi connectivity index (χ0) is 12.3. The van der Waals surface area contributed by atoms with E-state index in [-0.39, 0.29) is 21.9 Å². The third-order valence-corrected chi connectivity index (χ3v) is 2.28. The van der Waals surface area contributed by atoms with Crippen molar-refractivity contribution >= 4 is 31.0 Å². The highest BCUT2D eigenvalue weighted by Gasteiger charge is 2.21. The van der Waals surface area contributed by atoms with Gasteiger partial charge in [-0.2, -0.15) is 0 Å². The molecule has 0 bridgehead atoms. The van der Waals surface area contributed by atoms with E-state index >= 15 is 0 Å². The van der Waals surface area contributed by atoms with Gasteiger partial charge in [0.15, 0.2) is 7.85 Å². The quantitative estimate of drug-likeness (QED) is 0.267. The summed E-state index contributed by atoms with van der Waals surface area (Å²) in [7, 11) is 2.59. The van der Waals surface area contributed by atoms with Crippen LogP contribution < -0.4 is 0 Å². The van der Waals surface area contributed by atoms with Crippen molar-refractivity contribution in [2.24, 2.45) is 0 Å². The van der Waals surface area contributed by atoms with Gasteiger partial charge in [0.1, 0.15) is 11.5 Å². The molecule has 5 nitrogen and oxygen atoms in total. The Bertz CT molecular complexity index is 438. The minimum atomic E-state index is -0.681. The van der Waals surface area contributed by atoms with Gasteiger partial charge in [-0.3, -0.25) is 0 Å². The van der Waals surface area contributed by atoms with Gasteiger partial charge in [-0.1, -0.05) is 11.6 Å². The number of aromatic nitrogens is 2. The van der Waals surface area contributed by atoms with Crippen LogP contribution in [0.1, 0.15) is 11.3 Å². The van der Waals surface area contributed by atoms with Crippen molar-refractivity contribution in [3.63, 3.8) is 0 Å². The van der Waals surface area contributed by atoms with E-state index < -0.39 is 5.97 Å². The van der Waals surface area contributed by atoms with E-state index in [2.05, 4.69) is 14.7 Å². The largest absolute Gasteiger partial charge is 0.522 e. The number of hydrogen-bond acceptors (Lipinski definition) is 5. The molecule has 0 spiro atoms. The molecule has 0 aliphatic heterocycles. The SMILES string of the molecule is B/C(O)=C(/C(=O)OC)c1c(C)ncnc1Cl. The number of ether oxygens (including phenoxy) is 1. The molecule has 0 saturated heterocycles. The molecule has 0 saturated carbocycles. The number of methoxy groups -OCH3 is 1. The smallest absolute Gasteiger partial charge is 0.341 e. The highest BCUT2D eigenvalue weighted by Crippen LogP contribution is 2.26. The second kappa shape index (κ2) is 4.98. The third-order valence-electron chi connectivity index (χ3n) is 1.99. The van der Waals surface area contributed by atoms with Crippen LogP contribution in [0, 0.1) is 6.92 Å². The number of aliphatic hydroxyl groups is 1. The number of halogens is 1. The fourth-order valence-electron chi connectivity index (χ4n) is 1.26. The Morgan fingerprint density at radius 2 is 2.19 bits per heavy atom. The molecule has 1 aromatic rings. The maximum absolute atomic E-state index is 11.5. The summed E-state index contributed by atoms with van der Waals surface area (Å²) >= 11 is 5.87. The van der Waals surface area contributed by atoms with Crippen LogP contribution in [0.15, 0.2) is 12.0 Å². The number of esters is 1. The van der Waals surface area contributed by atoms with Gasteiger partial charge in [-0.15, -0.1) is 0 Å². The Kier molecular flexibility index (Phi) is 3.90. The Hall–Kier alpha value is -1.56. The first-order valence-electron chi connectivity index (χ1n) is 4.44. The fourth-order valence-corrected chi connectivity index (χ4v) is 1.54. The molecule has 0 aromatic carbocycles. The molecule has 84 valence electrons. The van der Waals surface area contributed by atoms with Gasteiger partial charge < -0.3 is 9.84 Å². The summed E-state index contributed by atoms with van der Waals surface area (Å²) in [6.07, 6.45) is 1.28. The lowest BCUT2D eigenvalue weighted by molar-refractivity contribution is -0.133. The summed E-state index contributed by atoms with van der Waals surface area (Å²) in [6.45, 7) is 1.66. The maximum atomic E-state index is 11.5. The number of aryl methyl sites for hydroxylation is 1. The van der Waals surface area contributed by atoms with Crippen molar-refractivity contribution in [3.8, 4) is 0 Å². The van der Waals surface area contributed by atoms with E-state index in [0.717, 1.165) is 0 Å². The zero-order valence-corrected chi connectivity index (χ0v) is 9.87. The van der Waals surface area contributed by atoms with E-state index in [4.69, 9.17) is 11.6 Å². The average molecular weight is 240 g/mol. The van der Waals surface area contributed by atoms with Crippen LogP contribution in [0.25, 0.3) is 5.57 Å². The van der Waals surface area contributed by atoms with E-state index in [1.165, 1.54) is 21.3 Å². The number of hydrogen-bond donors (Lipinski definition) is 1. The predicted molar refractivity (Wildman–Crippen MR) is 61.9 cm³/mol. The summed E-state index contributed by atoms with van der Waals surface area (Å²) in [5, 5.41) is 9.58. The standard InChI is InChI=1S/C9H10BClN2O3/c1-4-5(8(11)13-3-12-4)6(7(10)14)9(15)16-2/h3,14H,10H2,1-2H3/b7-6-. The first kappa shape index (κ1) is 12.5. The molecule has 0 amide bonds. The molecule has 1 heterocycles. The number of aliphatic hydroxyl groups excluding tert-OH is 1. The monoisotopic (exact) mass is 240 g/mol. The number of carbonyl (C=O) groups excluding carboxylic acids is 1. The Morgan fingerprint density at radius 3 is 2.62 bits per heavy atom. The van der Waals surface area contributed by atoms with Crippen molar-refractivity contribution < 1.29 is 14.6 Å². The lowest BCUT2D eigenvalue weighted by atomic mass is 9.95. The molecule has 0 radical (unpaired) electrons. The van der Waals surface area contributed by atoms with Gasteiger partial charge in [0.25, 0.3) is 0 Å². The number of nitrogens with zero attached hydrogens (tertiary/aromatic N) is 2. The van der Waals surface area contributed by atoms with Gasteiger partial charge in [0.05, 0.1) is 29.6 Å². The van der Waals surface area contributed by atoms with Crippen molar-refractivity contribution in [3.05, 3.63) is 28.4 Å². The van der Waals surface area contributed by atoms with Crippen molar-refractivity contribution in [2.45, 2.75) is 6.92 Å². The molecule has 16 heavy (non-hydrogen) atoms. The molecule has 1 rings (SSSR count). The van der Waals surface area contributed by atoms with Gasteiger partial charge in [0, 0.05) is 0 Å². The molecule has 7 heteroatoms. The molecule has 1 N–H and O–H groups in total. The minimum absolute atomic E-state index is 0.0226. The zero-order valence-electron chi connectivity index (χ0n) is 9.11. The summed E-state index contributed by atoms with van der Waals surface area (Å²) in [6, 6.07) is 0. The molecule has 0 aliphatic rings. The first-order chi connectivity index (χ1) is 7.49. The van der Waals surface area contributed by atoms with Gasteiger partial charge in [0.2, 0.25) is 0 Å². The Labute approximate surface area is 98.5 Å². The molecular formula is C9H10BClN2O3. The molecule has 0 unspecified atom stereocenters. The highest BCUT2D eigenvalue weighted by atomic mass is 35.5. The van der Waals surface area contributed by atoms with Crippen molar-refractivity contribution in [1.29, 1.82) is 0 Å². The van der Waals surface area contributed by atoms with Gasteiger partial charge in [-0.05, 0) is 6.92 Å². The predicted octanol–water partition coefficient (Wildman–Crippen LogP) is 0.471. The second-order valence-electron chi connectivity index (χ2n) is 3.08. The molecular weight excluding hydrogens is 230 g/mol. The Morgan fingerprint density at radius 1 is 1.56 bits per heavy atom. The topological polar surface area (TPSA) is 72.3 Å². The van der Waals surface area contributed by atoms with E-state index in [1.54, 1.807) is 6.92 Å².